The first-order chi connectivity index (χ1) is 21.6. The van der Waals surface area contributed by atoms with Crippen molar-refractivity contribution in [2.24, 2.45) is 11.8 Å². The standard InChI is InChI=1S/C34H44N4O7/c1-4-44-30(39)16-15-27(21-26-17-18-35-31(26)40)36-32(41)29(20-24-11-7-5-8-12-24)37-33(42)28(19-23(2)3)38-34(43)45-22-25-13-9-6-10-14-25/h5-16,23,26-29H,4,17-22H2,1-3H3,(H,35,40)(H,36,41)(H,37,42)(H,38,43)/t26-,27+,28-,29-/m0/s1. The molecule has 0 bridgehead atoms. The van der Waals surface area contributed by atoms with E-state index in [1.165, 1.54) is 12.2 Å². The van der Waals surface area contributed by atoms with Gasteiger partial charge in [0.05, 0.1) is 6.61 Å². The SMILES string of the molecule is CCOC(=O)C=C[C@H](C[C@@H]1CCNC1=O)NC(=O)[C@H](Cc1ccccc1)NC(=O)[C@H](CC(C)C)NC(=O)OCc1ccccc1. The summed E-state index contributed by atoms with van der Waals surface area (Å²) in [5, 5.41) is 11.2. The molecule has 1 fully saturated rings. The maximum absolute atomic E-state index is 13.8. The van der Waals surface area contributed by atoms with Crippen LogP contribution in [0, 0.1) is 11.8 Å². The van der Waals surface area contributed by atoms with Gasteiger partial charge < -0.3 is 30.7 Å². The molecule has 0 saturated carbocycles. The van der Waals surface area contributed by atoms with Crippen LogP contribution in [0.4, 0.5) is 4.79 Å². The highest BCUT2D eigenvalue weighted by molar-refractivity contribution is 5.92. The number of nitrogens with one attached hydrogen (secondary N) is 4. The van der Waals surface area contributed by atoms with E-state index < -0.39 is 42.0 Å². The summed E-state index contributed by atoms with van der Waals surface area (Å²) in [5.74, 6) is -2.01. The second-order valence-electron chi connectivity index (χ2n) is 11.4. The molecule has 242 valence electrons. The van der Waals surface area contributed by atoms with Crippen LogP contribution >= 0.6 is 0 Å². The van der Waals surface area contributed by atoms with Crippen LogP contribution < -0.4 is 21.3 Å². The van der Waals surface area contributed by atoms with Crippen LogP contribution in [0.2, 0.25) is 0 Å². The zero-order chi connectivity index (χ0) is 32.6. The van der Waals surface area contributed by atoms with Gasteiger partial charge in [0.25, 0.3) is 0 Å². The Balaban J connectivity index is 1.76. The van der Waals surface area contributed by atoms with E-state index in [1.54, 1.807) is 6.92 Å². The number of hydrogen-bond donors (Lipinski definition) is 4. The van der Waals surface area contributed by atoms with E-state index in [2.05, 4.69) is 21.3 Å². The zero-order valence-corrected chi connectivity index (χ0v) is 26.1. The zero-order valence-electron chi connectivity index (χ0n) is 26.1. The summed E-state index contributed by atoms with van der Waals surface area (Å²) in [4.78, 5) is 64.3. The van der Waals surface area contributed by atoms with E-state index in [-0.39, 0.29) is 43.8 Å². The lowest BCUT2D eigenvalue weighted by atomic mass is 9.97. The topological polar surface area (TPSA) is 152 Å². The molecule has 0 radical (unpaired) electrons. The Kier molecular flexibility index (Phi) is 14.1. The molecule has 1 aliphatic rings. The third kappa shape index (κ3) is 12.5. The van der Waals surface area contributed by atoms with Crippen molar-refractivity contribution < 1.29 is 33.4 Å². The Morgan fingerprint density at radius 2 is 1.53 bits per heavy atom. The van der Waals surface area contributed by atoms with E-state index in [4.69, 9.17) is 9.47 Å². The average Bonchev–Trinajstić information content (AvgIpc) is 3.42. The number of ether oxygens (including phenoxy) is 2. The number of amides is 4. The predicted molar refractivity (Wildman–Crippen MR) is 169 cm³/mol. The van der Waals surface area contributed by atoms with Gasteiger partial charge in [-0.1, -0.05) is 80.6 Å². The van der Waals surface area contributed by atoms with Gasteiger partial charge in [-0.25, -0.2) is 9.59 Å². The smallest absolute Gasteiger partial charge is 0.408 e. The third-order valence-electron chi connectivity index (χ3n) is 7.22. The molecule has 1 aliphatic heterocycles. The first-order valence-corrected chi connectivity index (χ1v) is 15.4. The van der Waals surface area contributed by atoms with Gasteiger partial charge in [0, 0.05) is 31.0 Å². The predicted octanol–water partition coefficient (Wildman–Crippen LogP) is 3.19. The Hall–Kier alpha value is -4.67. The number of hydrogen-bond acceptors (Lipinski definition) is 7. The molecule has 1 saturated heterocycles. The molecule has 0 unspecified atom stereocenters. The lowest BCUT2D eigenvalue weighted by molar-refractivity contribution is -0.137. The molecule has 11 nitrogen and oxygen atoms in total. The van der Waals surface area contributed by atoms with Gasteiger partial charge in [0.15, 0.2) is 0 Å². The quantitative estimate of drug-likeness (QED) is 0.166. The van der Waals surface area contributed by atoms with Gasteiger partial charge in [-0.2, -0.15) is 0 Å². The maximum atomic E-state index is 13.8. The summed E-state index contributed by atoms with van der Waals surface area (Å²) in [6.07, 6.45) is 3.35. The third-order valence-corrected chi connectivity index (χ3v) is 7.22. The van der Waals surface area contributed by atoms with Crippen LogP contribution in [-0.4, -0.2) is 61.1 Å². The Morgan fingerprint density at radius 1 is 0.889 bits per heavy atom. The van der Waals surface area contributed by atoms with Gasteiger partial charge >= 0.3 is 12.1 Å². The van der Waals surface area contributed by atoms with Crippen molar-refractivity contribution in [3.8, 4) is 0 Å². The molecular formula is C34H44N4O7. The van der Waals surface area contributed by atoms with Crippen molar-refractivity contribution in [3.05, 3.63) is 83.9 Å². The Morgan fingerprint density at radius 3 is 2.13 bits per heavy atom. The van der Waals surface area contributed by atoms with Gasteiger partial charge in [0.1, 0.15) is 18.7 Å². The minimum Gasteiger partial charge on any atom is -0.463 e. The summed E-state index contributed by atoms with van der Waals surface area (Å²) in [5.41, 5.74) is 1.61. The molecule has 2 aromatic carbocycles. The average molecular weight is 621 g/mol. The van der Waals surface area contributed by atoms with E-state index >= 15 is 0 Å². The lowest BCUT2D eigenvalue weighted by Gasteiger charge is -2.26. The van der Waals surface area contributed by atoms with Crippen LogP contribution in [0.5, 0.6) is 0 Å². The van der Waals surface area contributed by atoms with Crippen LogP contribution in [0.25, 0.3) is 0 Å². The molecule has 4 N–H and O–H groups in total. The summed E-state index contributed by atoms with van der Waals surface area (Å²) in [6.45, 7) is 6.31. The van der Waals surface area contributed by atoms with E-state index in [1.807, 2.05) is 74.5 Å². The fourth-order valence-electron chi connectivity index (χ4n) is 4.97. The molecular weight excluding hydrogens is 576 g/mol. The molecule has 0 aromatic heterocycles. The van der Waals surface area contributed by atoms with Crippen LogP contribution in [0.15, 0.2) is 72.8 Å². The minimum atomic E-state index is -1.02. The number of rotatable bonds is 16. The molecule has 4 atom stereocenters. The van der Waals surface area contributed by atoms with Crippen LogP contribution in [-0.2, 0) is 41.7 Å². The summed E-state index contributed by atoms with van der Waals surface area (Å²) in [6, 6.07) is 15.7. The largest absolute Gasteiger partial charge is 0.463 e. The van der Waals surface area contributed by atoms with Crippen LogP contribution in [0.3, 0.4) is 0 Å². The van der Waals surface area contributed by atoms with Crippen molar-refractivity contribution in [1.29, 1.82) is 0 Å². The summed E-state index contributed by atoms with van der Waals surface area (Å²) >= 11 is 0. The number of carbonyl (C=O) groups is 5. The van der Waals surface area contributed by atoms with Gasteiger partial charge in [-0.15, -0.1) is 0 Å². The summed E-state index contributed by atoms with van der Waals surface area (Å²) in [7, 11) is 0. The fourth-order valence-corrected chi connectivity index (χ4v) is 4.97. The minimum absolute atomic E-state index is 0.0431. The molecule has 2 aromatic rings. The van der Waals surface area contributed by atoms with E-state index in [0.717, 1.165) is 11.1 Å². The van der Waals surface area contributed by atoms with E-state index in [0.29, 0.717) is 19.4 Å². The van der Waals surface area contributed by atoms with Gasteiger partial charge in [0.2, 0.25) is 17.7 Å². The summed E-state index contributed by atoms with van der Waals surface area (Å²) < 4.78 is 10.3. The van der Waals surface area contributed by atoms with Gasteiger partial charge in [-0.05, 0) is 43.2 Å². The Bertz CT molecular complexity index is 1300. The van der Waals surface area contributed by atoms with E-state index in [9.17, 15) is 24.0 Å². The highest BCUT2D eigenvalue weighted by atomic mass is 16.5. The number of alkyl carbamates (subject to hydrolysis) is 1. The number of carbonyl (C=O) groups excluding carboxylic acids is 5. The van der Waals surface area contributed by atoms with Crippen molar-refractivity contribution in [3.63, 3.8) is 0 Å². The normalized spacial score (nSPS) is 16.4. The monoisotopic (exact) mass is 620 g/mol. The lowest BCUT2D eigenvalue weighted by Crippen LogP contribution is -2.56. The van der Waals surface area contributed by atoms with Crippen molar-refractivity contribution in [2.75, 3.05) is 13.2 Å². The second kappa shape index (κ2) is 18.2. The first kappa shape index (κ1) is 34.8. The molecule has 0 aliphatic carbocycles. The maximum Gasteiger partial charge on any atom is 0.408 e. The highest BCUT2D eigenvalue weighted by Gasteiger charge is 2.31. The molecule has 1 heterocycles. The molecule has 3 rings (SSSR count). The highest BCUT2D eigenvalue weighted by Crippen LogP contribution is 2.17. The van der Waals surface area contributed by atoms with Gasteiger partial charge in [-0.3, -0.25) is 14.4 Å². The number of benzene rings is 2. The van der Waals surface area contributed by atoms with Crippen molar-refractivity contribution in [1.82, 2.24) is 21.3 Å². The van der Waals surface area contributed by atoms with Crippen molar-refractivity contribution in [2.45, 2.75) is 71.2 Å². The fraction of sp³-hybridized carbons (Fsp3) is 0.441. The molecule has 0 spiro atoms. The number of esters is 1. The molecule has 11 heteroatoms. The van der Waals surface area contributed by atoms with Crippen LogP contribution in [0.1, 0.15) is 51.2 Å². The molecule has 4 amide bonds. The second-order valence-corrected chi connectivity index (χ2v) is 11.4. The Labute approximate surface area is 264 Å². The first-order valence-electron chi connectivity index (χ1n) is 15.4. The van der Waals surface area contributed by atoms with Crippen molar-refractivity contribution >= 4 is 29.8 Å². The molecule has 45 heavy (non-hydrogen) atoms.